The highest BCUT2D eigenvalue weighted by Crippen LogP contribution is 2.32. The van der Waals surface area contributed by atoms with Crippen molar-refractivity contribution in [2.75, 3.05) is 23.8 Å². The molecule has 0 aliphatic carbocycles. The molecule has 2 N–H and O–H groups in total. The lowest BCUT2D eigenvalue weighted by atomic mass is 10.1. The van der Waals surface area contributed by atoms with Crippen molar-refractivity contribution in [1.82, 2.24) is 15.3 Å². The topological polar surface area (TPSA) is 106 Å². The van der Waals surface area contributed by atoms with Gasteiger partial charge in [-0.15, -0.1) is 0 Å². The first kappa shape index (κ1) is 23.9. The zero-order valence-corrected chi connectivity index (χ0v) is 22.6. The van der Waals surface area contributed by atoms with Crippen LogP contribution in [-0.2, 0) is 23.0 Å². The number of aromatic nitrogens is 2. The van der Waals surface area contributed by atoms with Crippen molar-refractivity contribution in [3.8, 4) is 17.1 Å². The van der Waals surface area contributed by atoms with Gasteiger partial charge >= 0.3 is 0 Å². The van der Waals surface area contributed by atoms with Gasteiger partial charge in [0.2, 0.25) is 0 Å². The lowest BCUT2D eigenvalue weighted by Crippen LogP contribution is -2.21. The van der Waals surface area contributed by atoms with Crippen LogP contribution in [0.4, 0.5) is 15.9 Å². The van der Waals surface area contributed by atoms with Gasteiger partial charge in [-0.2, -0.15) is 0 Å². The summed E-state index contributed by atoms with van der Waals surface area (Å²) in [5.74, 6) is 1.28. The summed E-state index contributed by atoms with van der Waals surface area (Å²) in [5.41, 5.74) is 2.82. The predicted molar refractivity (Wildman–Crippen MR) is 154 cm³/mol. The Morgan fingerprint density at radius 3 is 2.80 bits per heavy atom. The summed E-state index contributed by atoms with van der Waals surface area (Å²) in [7, 11) is -4.19. The van der Waals surface area contributed by atoms with Crippen LogP contribution in [0.2, 0.25) is 5.02 Å². The highest BCUT2D eigenvalue weighted by atomic mass is 35.5. The molecule has 0 spiro atoms. The summed E-state index contributed by atoms with van der Waals surface area (Å²) >= 11 is 6.46. The van der Waals surface area contributed by atoms with E-state index in [1.165, 1.54) is 18.5 Å². The van der Waals surface area contributed by atoms with E-state index in [4.69, 9.17) is 24.9 Å². The largest absolute Gasteiger partial charge is 0.487 e. The van der Waals surface area contributed by atoms with Crippen molar-refractivity contribution in [3.63, 3.8) is 0 Å². The maximum atomic E-state index is 13.4. The Kier molecular flexibility index (Phi) is 7.18. The minimum Gasteiger partial charge on any atom is -0.487 e. The standard InChI is InChI=1S/C29H26ClFN4O4S/c1-40(36,37)12-11-32-16-23-7-10-27(39-23)20-5-8-26-24(14-20)29(34-18-33-26)35-22-6-9-28(25(30)15-22)38-17-19-3-2-4-21(31)13-19/h2-10,13-15,18,32H,11-12,16-17H2,1H3,(H,33,34,35)/i1D3. The van der Waals surface area contributed by atoms with Crippen LogP contribution < -0.4 is 15.4 Å². The van der Waals surface area contributed by atoms with Crippen molar-refractivity contribution in [1.29, 1.82) is 0 Å². The molecule has 5 rings (SSSR count). The number of rotatable bonds is 11. The Balaban J connectivity index is 1.26. The van der Waals surface area contributed by atoms with Crippen LogP contribution >= 0.6 is 11.6 Å². The van der Waals surface area contributed by atoms with Crippen molar-refractivity contribution >= 4 is 43.8 Å². The third-order valence-electron chi connectivity index (χ3n) is 5.91. The number of nitrogens with one attached hydrogen (secondary N) is 2. The number of halogens is 2. The average Bonchev–Trinajstić information content (AvgIpc) is 3.43. The molecule has 2 heterocycles. The fraction of sp³-hybridized carbons (Fsp3) is 0.172. The van der Waals surface area contributed by atoms with Gasteiger partial charge in [0.05, 0.1) is 22.8 Å². The third-order valence-corrected chi connectivity index (χ3v) is 6.94. The summed E-state index contributed by atoms with van der Waals surface area (Å²) < 4.78 is 69.9. The second-order valence-corrected chi connectivity index (χ2v) is 10.9. The molecule has 0 bridgehead atoms. The van der Waals surface area contributed by atoms with E-state index in [0.717, 1.165) is 10.9 Å². The lowest BCUT2D eigenvalue weighted by molar-refractivity contribution is 0.306. The van der Waals surface area contributed by atoms with Crippen LogP contribution in [-0.4, -0.2) is 36.9 Å². The highest BCUT2D eigenvalue weighted by Gasteiger charge is 2.11. The van der Waals surface area contributed by atoms with E-state index in [1.54, 1.807) is 42.5 Å². The van der Waals surface area contributed by atoms with E-state index in [0.29, 0.717) is 44.9 Å². The Bertz CT molecular complexity index is 1870. The molecule has 0 atom stereocenters. The van der Waals surface area contributed by atoms with Crippen LogP contribution in [0.1, 0.15) is 15.4 Å². The molecule has 40 heavy (non-hydrogen) atoms. The summed E-state index contributed by atoms with van der Waals surface area (Å²) in [6.45, 7) is 0.368. The van der Waals surface area contributed by atoms with Gasteiger partial charge in [0, 0.05) is 33.5 Å². The van der Waals surface area contributed by atoms with Gasteiger partial charge in [-0.1, -0.05) is 23.7 Å². The van der Waals surface area contributed by atoms with Crippen LogP contribution in [0, 0.1) is 5.82 Å². The quantitative estimate of drug-likeness (QED) is 0.179. The van der Waals surface area contributed by atoms with Gasteiger partial charge in [0.25, 0.3) is 0 Å². The van der Waals surface area contributed by atoms with Gasteiger partial charge in [0.15, 0.2) is 0 Å². The lowest BCUT2D eigenvalue weighted by Gasteiger charge is -2.12. The summed E-state index contributed by atoms with van der Waals surface area (Å²) in [6, 6.07) is 20.5. The number of hydrogen-bond acceptors (Lipinski definition) is 8. The molecular formula is C29H26ClFN4O4S. The van der Waals surface area contributed by atoms with Gasteiger partial charge in [0.1, 0.15) is 51.7 Å². The van der Waals surface area contributed by atoms with Crippen molar-refractivity contribution in [3.05, 3.63) is 101 Å². The minimum absolute atomic E-state index is 0.0246. The predicted octanol–water partition coefficient (Wildman–Crippen LogP) is 6.14. The second-order valence-electron chi connectivity index (χ2n) is 8.90. The van der Waals surface area contributed by atoms with Gasteiger partial charge < -0.3 is 19.8 Å². The van der Waals surface area contributed by atoms with Crippen LogP contribution in [0.15, 0.2) is 83.5 Å². The Morgan fingerprint density at radius 2 is 1.98 bits per heavy atom. The molecule has 0 aliphatic heterocycles. The maximum Gasteiger partial charge on any atom is 0.148 e. The van der Waals surface area contributed by atoms with Gasteiger partial charge in [-0.05, 0) is 66.2 Å². The Labute approximate surface area is 240 Å². The molecule has 5 aromatic rings. The summed E-state index contributed by atoms with van der Waals surface area (Å²) in [5, 5.41) is 7.27. The number of sulfone groups is 1. The van der Waals surface area contributed by atoms with Crippen LogP contribution in [0.3, 0.4) is 0 Å². The summed E-state index contributed by atoms with van der Waals surface area (Å²) in [6.07, 6.45) is -1.58. The molecule has 11 heteroatoms. The van der Waals surface area contributed by atoms with Crippen LogP contribution in [0.25, 0.3) is 22.2 Å². The smallest absolute Gasteiger partial charge is 0.148 e. The number of benzene rings is 3. The molecule has 0 fully saturated rings. The third kappa shape index (κ3) is 7.15. The second kappa shape index (κ2) is 12.0. The monoisotopic (exact) mass is 583 g/mol. The van der Waals surface area contributed by atoms with E-state index in [1.807, 2.05) is 18.2 Å². The maximum absolute atomic E-state index is 13.4. The normalized spacial score (nSPS) is 13.0. The van der Waals surface area contributed by atoms with E-state index >= 15 is 0 Å². The van der Waals surface area contributed by atoms with Crippen molar-refractivity contribution in [2.24, 2.45) is 0 Å². The number of ether oxygens (including phenoxy) is 1. The summed E-state index contributed by atoms with van der Waals surface area (Å²) in [4.78, 5) is 8.75. The molecule has 8 nitrogen and oxygen atoms in total. The molecule has 2 aromatic heterocycles. The van der Waals surface area contributed by atoms with E-state index in [-0.39, 0.29) is 25.5 Å². The SMILES string of the molecule is [2H]C([2H])([2H])S(=O)(=O)CCNCc1ccc(-c2ccc3ncnc(Nc4ccc(OCc5cccc(F)c5)c(Cl)c4)c3c2)o1. The fourth-order valence-corrected chi connectivity index (χ4v) is 4.62. The molecule has 3 aromatic carbocycles. The zero-order valence-electron chi connectivity index (χ0n) is 24.0. The first-order valence-corrected chi connectivity index (χ1v) is 14.2. The molecule has 0 saturated heterocycles. The zero-order chi connectivity index (χ0) is 30.6. The van der Waals surface area contributed by atoms with E-state index in [9.17, 15) is 12.8 Å². The minimum atomic E-state index is -4.19. The first-order valence-electron chi connectivity index (χ1n) is 13.7. The molecule has 0 amide bonds. The number of nitrogens with zero attached hydrogens (tertiary/aromatic N) is 2. The van der Waals surface area contributed by atoms with Crippen LogP contribution in [0.5, 0.6) is 5.75 Å². The molecule has 206 valence electrons. The van der Waals surface area contributed by atoms with Crippen molar-refractivity contribution < 1.29 is 26.1 Å². The van der Waals surface area contributed by atoms with Gasteiger partial charge in [-0.3, -0.25) is 0 Å². The van der Waals surface area contributed by atoms with Gasteiger partial charge in [-0.25, -0.2) is 22.8 Å². The van der Waals surface area contributed by atoms with Crippen molar-refractivity contribution in [2.45, 2.75) is 13.2 Å². The molecule has 0 saturated carbocycles. The highest BCUT2D eigenvalue weighted by molar-refractivity contribution is 7.90. The number of fused-ring (bicyclic) bond motifs is 1. The molecule has 0 radical (unpaired) electrons. The number of furan rings is 1. The van der Waals surface area contributed by atoms with E-state index < -0.39 is 21.8 Å². The molecule has 0 aliphatic rings. The first-order chi connectivity index (χ1) is 20.5. The van der Waals surface area contributed by atoms with E-state index in [2.05, 4.69) is 20.6 Å². The number of hydrogen-bond donors (Lipinski definition) is 2. The number of anilines is 2. The average molecular weight is 584 g/mol. The Hall–Kier alpha value is -3.99. The molecular weight excluding hydrogens is 555 g/mol. The fourth-order valence-electron chi connectivity index (χ4n) is 3.98. The molecule has 0 unspecified atom stereocenters. The Morgan fingerprint density at radius 1 is 1.07 bits per heavy atom.